The fourth-order valence-electron chi connectivity index (χ4n) is 2.97. The van der Waals surface area contributed by atoms with E-state index in [0.29, 0.717) is 5.56 Å². The molecule has 0 radical (unpaired) electrons. The fourth-order valence-corrected chi connectivity index (χ4v) is 2.97. The molecule has 1 aliphatic heterocycles. The Hall–Kier alpha value is -2.60. The van der Waals surface area contributed by atoms with E-state index in [1.165, 1.54) is 18.5 Å². The van der Waals surface area contributed by atoms with Crippen LogP contribution in [0.25, 0.3) is 0 Å². The van der Waals surface area contributed by atoms with Gasteiger partial charge in [0.15, 0.2) is 0 Å². The number of aromatic nitrogens is 1. The lowest BCUT2D eigenvalue weighted by molar-refractivity contribution is 0.102. The van der Waals surface area contributed by atoms with Crippen molar-refractivity contribution in [3.05, 3.63) is 48.2 Å². The lowest BCUT2D eigenvalue weighted by Crippen LogP contribution is -2.21. The van der Waals surface area contributed by atoms with Crippen LogP contribution in [0.1, 0.15) is 23.2 Å². The monoisotopic (exact) mass is 353 g/mol. The molecule has 1 aliphatic rings. The van der Waals surface area contributed by atoms with Gasteiger partial charge in [0, 0.05) is 43.8 Å². The first-order valence-electron chi connectivity index (χ1n) is 9.13. The lowest BCUT2D eigenvalue weighted by Gasteiger charge is -2.17. The van der Waals surface area contributed by atoms with Crippen LogP contribution in [-0.4, -0.2) is 56.1 Å². The summed E-state index contributed by atoms with van der Waals surface area (Å²) in [5, 5.41) is 6.16. The van der Waals surface area contributed by atoms with Crippen molar-refractivity contribution in [1.82, 2.24) is 9.88 Å². The molecule has 0 atom stereocenters. The van der Waals surface area contributed by atoms with Gasteiger partial charge in [-0.25, -0.2) is 4.98 Å². The minimum Gasteiger partial charge on any atom is -0.372 e. The number of nitrogens with one attached hydrogen (secondary N) is 2. The molecule has 0 saturated carbocycles. The molecule has 1 amide bonds. The molecule has 1 fully saturated rings. The lowest BCUT2D eigenvalue weighted by atomic mass is 10.2. The number of carbonyl (C=O) groups excluding carboxylic acids is 1. The molecule has 2 heterocycles. The Morgan fingerprint density at radius 2 is 1.85 bits per heavy atom. The van der Waals surface area contributed by atoms with Gasteiger partial charge in [0.25, 0.3) is 5.91 Å². The Kier molecular flexibility index (Phi) is 6.07. The summed E-state index contributed by atoms with van der Waals surface area (Å²) in [6, 6.07) is 11.7. The molecule has 6 nitrogen and oxygen atoms in total. The smallest absolute Gasteiger partial charge is 0.257 e. The molecule has 0 unspecified atom stereocenters. The number of benzene rings is 1. The maximum atomic E-state index is 12.4. The summed E-state index contributed by atoms with van der Waals surface area (Å²) in [5.41, 5.74) is 2.56. The first-order valence-corrected chi connectivity index (χ1v) is 9.13. The van der Waals surface area contributed by atoms with Crippen LogP contribution >= 0.6 is 0 Å². The third-order valence-electron chi connectivity index (χ3n) is 4.49. The number of nitrogens with zero attached hydrogens (tertiary/aromatic N) is 3. The predicted octanol–water partition coefficient (Wildman–Crippen LogP) is 2.91. The number of pyridine rings is 1. The van der Waals surface area contributed by atoms with Gasteiger partial charge in [-0.2, -0.15) is 0 Å². The van der Waals surface area contributed by atoms with E-state index in [2.05, 4.69) is 37.6 Å². The zero-order chi connectivity index (χ0) is 18.4. The molecular formula is C20H27N5O. The average Bonchev–Trinajstić information content (AvgIpc) is 3.17. The van der Waals surface area contributed by atoms with Gasteiger partial charge in [-0.15, -0.1) is 0 Å². The summed E-state index contributed by atoms with van der Waals surface area (Å²) in [5.74, 6) is 0.629. The van der Waals surface area contributed by atoms with Gasteiger partial charge in [-0.1, -0.05) is 0 Å². The van der Waals surface area contributed by atoms with Crippen molar-refractivity contribution in [1.29, 1.82) is 0 Å². The van der Waals surface area contributed by atoms with Crippen molar-refractivity contribution >= 4 is 23.1 Å². The van der Waals surface area contributed by atoms with Gasteiger partial charge in [-0.05, 0) is 63.3 Å². The maximum absolute atomic E-state index is 12.4. The van der Waals surface area contributed by atoms with Crippen molar-refractivity contribution in [3.63, 3.8) is 0 Å². The normalized spacial score (nSPS) is 13.9. The van der Waals surface area contributed by atoms with Crippen molar-refractivity contribution in [2.45, 2.75) is 12.8 Å². The molecule has 1 saturated heterocycles. The number of anilines is 3. The van der Waals surface area contributed by atoms with Crippen LogP contribution in [0.2, 0.25) is 0 Å². The SMILES string of the molecule is CN(C)CCNc1ccc(C(=O)Nc2ccc(N3CCCC3)cc2)cn1. The van der Waals surface area contributed by atoms with Gasteiger partial charge in [0.2, 0.25) is 0 Å². The van der Waals surface area contributed by atoms with E-state index in [-0.39, 0.29) is 5.91 Å². The molecule has 1 aromatic heterocycles. The first-order chi connectivity index (χ1) is 12.6. The summed E-state index contributed by atoms with van der Waals surface area (Å²) in [4.78, 5) is 21.2. The molecule has 26 heavy (non-hydrogen) atoms. The Morgan fingerprint density at radius 1 is 1.12 bits per heavy atom. The van der Waals surface area contributed by atoms with Crippen LogP contribution in [-0.2, 0) is 0 Å². The number of carbonyl (C=O) groups is 1. The van der Waals surface area contributed by atoms with Crippen LogP contribution in [0.5, 0.6) is 0 Å². The number of hydrogen-bond acceptors (Lipinski definition) is 5. The molecular weight excluding hydrogens is 326 g/mol. The van der Waals surface area contributed by atoms with Crippen molar-refractivity contribution in [2.24, 2.45) is 0 Å². The average molecular weight is 353 g/mol. The summed E-state index contributed by atoms with van der Waals surface area (Å²) < 4.78 is 0. The van der Waals surface area contributed by atoms with Crippen LogP contribution in [0.15, 0.2) is 42.6 Å². The second-order valence-electron chi connectivity index (χ2n) is 6.86. The highest BCUT2D eigenvalue weighted by Crippen LogP contribution is 2.22. The summed E-state index contributed by atoms with van der Waals surface area (Å²) in [6.45, 7) is 3.98. The Labute approximate surface area is 155 Å². The van der Waals surface area contributed by atoms with Gasteiger partial charge in [0.1, 0.15) is 5.82 Å². The van der Waals surface area contributed by atoms with Crippen molar-refractivity contribution in [3.8, 4) is 0 Å². The summed E-state index contributed by atoms with van der Waals surface area (Å²) in [6.07, 6.45) is 4.11. The minimum absolute atomic E-state index is 0.147. The topological polar surface area (TPSA) is 60.5 Å². The molecule has 0 spiro atoms. The minimum atomic E-state index is -0.147. The van der Waals surface area contributed by atoms with Gasteiger partial charge in [-0.3, -0.25) is 4.79 Å². The van der Waals surface area contributed by atoms with Crippen LogP contribution in [0, 0.1) is 0 Å². The van der Waals surface area contributed by atoms with E-state index in [9.17, 15) is 4.79 Å². The number of likely N-dealkylation sites (N-methyl/N-ethyl adjacent to an activating group) is 1. The molecule has 1 aromatic carbocycles. The zero-order valence-corrected chi connectivity index (χ0v) is 15.5. The molecule has 3 rings (SSSR count). The molecule has 2 aromatic rings. The van der Waals surface area contributed by atoms with E-state index >= 15 is 0 Å². The summed E-state index contributed by atoms with van der Waals surface area (Å²) in [7, 11) is 4.06. The summed E-state index contributed by atoms with van der Waals surface area (Å²) >= 11 is 0. The molecule has 138 valence electrons. The molecule has 0 aliphatic carbocycles. The highest BCUT2D eigenvalue weighted by atomic mass is 16.1. The Morgan fingerprint density at radius 3 is 2.46 bits per heavy atom. The highest BCUT2D eigenvalue weighted by Gasteiger charge is 2.12. The predicted molar refractivity (Wildman–Crippen MR) is 107 cm³/mol. The van der Waals surface area contributed by atoms with E-state index in [1.54, 1.807) is 12.3 Å². The second-order valence-corrected chi connectivity index (χ2v) is 6.86. The largest absolute Gasteiger partial charge is 0.372 e. The van der Waals surface area contributed by atoms with E-state index < -0.39 is 0 Å². The van der Waals surface area contributed by atoms with E-state index in [0.717, 1.165) is 37.7 Å². The van der Waals surface area contributed by atoms with Gasteiger partial charge < -0.3 is 20.4 Å². The van der Waals surface area contributed by atoms with E-state index in [1.807, 2.05) is 32.3 Å². The number of rotatable bonds is 7. The van der Waals surface area contributed by atoms with Crippen LogP contribution in [0.3, 0.4) is 0 Å². The van der Waals surface area contributed by atoms with Crippen LogP contribution in [0.4, 0.5) is 17.2 Å². The Balaban J connectivity index is 1.54. The highest BCUT2D eigenvalue weighted by molar-refractivity contribution is 6.04. The third kappa shape index (κ3) is 4.95. The third-order valence-corrected chi connectivity index (χ3v) is 4.49. The molecule has 2 N–H and O–H groups in total. The quantitative estimate of drug-likeness (QED) is 0.801. The first kappa shape index (κ1) is 18.2. The van der Waals surface area contributed by atoms with Gasteiger partial charge >= 0.3 is 0 Å². The van der Waals surface area contributed by atoms with Gasteiger partial charge in [0.05, 0.1) is 5.56 Å². The molecule has 0 bridgehead atoms. The van der Waals surface area contributed by atoms with Crippen LogP contribution < -0.4 is 15.5 Å². The van der Waals surface area contributed by atoms with E-state index in [4.69, 9.17) is 0 Å². The Bertz CT molecular complexity index is 706. The second kappa shape index (κ2) is 8.67. The fraction of sp³-hybridized carbons (Fsp3) is 0.400. The number of amides is 1. The van der Waals surface area contributed by atoms with Crippen molar-refractivity contribution in [2.75, 3.05) is 55.8 Å². The zero-order valence-electron chi connectivity index (χ0n) is 15.5. The van der Waals surface area contributed by atoms with Crippen molar-refractivity contribution < 1.29 is 4.79 Å². The number of hydrogen-bond donors (Lipinski definition) is 2. The standard InChI is InChI=1S/C20H27N5O/c1-24(2)14-11-21-19-10-5-16(15-22-19)20(26)23-17-6-8-18(9-7-17)25-12-3-4-13-25/h5-10,15H,3-4,11-14H2,1-2H3,(H,21,22)(H,23,26). The molecule has 6 heteroatoms. The maximum Gasteiger partial charge on any atom is 0.257 e.